The number of hydrogen-bond donors (Lipinski definition) is 1. The number of hydrogen-bond acceptors (Lipinski definition) is 3. The largest absolute Gasteiger partial charge is 0.352 e. The van der Waals surface area contributed by atoms with Crippen LogP contribution in [0.5, 0.6) is 0 Å². The molecule has 41 heavy (non-hydrogen) atoms. The van der Waals surface area contributed by atoms with Crippen molar-refractivity contribution in [2.24, 2.45) is 11.3 Å². The van der Waals surface area contributed by atoms with Crippen molar-refractivity contribution in [1.29, 1.82) is 0 Å². The summed E-state index contributed by atoms with van der Waals surface area (Å²) >= 11 is 0. The maximum absolute atomic E-state index is 14.8. The van der Waals surface area contributed by atoms with Crippen LogP contribution >= 0.6 is 0 Å². The fraction of sp³-hybridized carbons (Fsp3) is 0.406. The highest BCUT2D eigenvalue weighted by atomic mass is 32.2. The van der Waals surface area contributed by atoms with Gasteiger partial charge in [0.15, 0.2) is 17.5 Å². The van der Waals surface area contributed by atoms with Crippen LogP contribution in [0, 0.1) is 35.7 Å². The third kappa shape index (κ3) is 6.36. The molecule has 0 spiro atoms. The highest BCUT2D eigenvalue weighted by molar-refractivity contribution is 7.89. The van der Waals surface area contributed by atoms with Crippen molar-refractivity contribution in [2.45, 2.75) is 76.9 Å². The summed E-state index contributed by atoms with van der Waals surface area (Å²) in [7, 11) is -4.56. The Morgan fingerprint density at radius 3 is 2.27 bits per heavy atom. The van der Waals surface area contributed by atoms with Crippen LogP contribution in [0.3, 0.4) is 0 Å². The van der Waals surface area contributed by atoms with E-state index in [-0.39, 0.29) is 18.4 Å². The minimum absolute atomic E-state index is 0.0602. The Balaban J connectivity index is 1.64. The second kappa shape index (κ2) is 12.8. The number of benzene rings is 3. The molecule has 0 bridgehead atoms. The first-order valence-corrected chi connectivity index (χ1v) is 15.5. The van der Waals surface area contributed by atoms with Crippen LogP contribution in [0.15, 0.2) is 71.6 Å². The van der Waals surface area contributed by atoms with Crippen molar-refractivity contribution >= 4 is 15.9 Å². The molecule has 0 aromatic heterocycles. The molecule has 1 saturated carbocycles. The number of carbonyl (C=O) groups is 1. The molecule has 1 aliphatic rings. The second-order valence-corrected chi connectivity index (χ2v) is 12.8. The number of aryl methyl sites for hydroxylation is 1. The normalized spacial score (nSPS) is 21.1. The van der Waals surface area contributed by atoms with E-state index in [0.717, 1.165) is 17.2 Å². The van der Waals surface area contributed by atoms with Crippen LogP contribution < -0.4 is 5.32 Å². The van der Waals surface area contributed by atoms with Gasteiger partial charge in [0.25, 0.3) is 0 Å². The molecule has 0 saturated heterocycles. The van der Waals surface area contributed by atoms with Gasteiger partial charge in [-0.25, -0.2) is 21.6 Å². The Bertz CT molecular complexity index is 1470. The van der Waals surface area contributed by atoms with E-state index >= 15 is 0 Å². The van der Waals surface area contributed by atoms with Gasteiger partial charge in [-0.2, -0.15) is 4.31 Å². The minimum atomic E-state index is -4.56. The van der Waals surface area contributed by atoms with Crippen molar-refractivity contribution in [3.8, 4) is 0 Å². The molecule has 9 heteroatoms. The SMILES string of the molecule is CCC1CC(N(Cc2ccccc2)S(=O)(=O)c2ccc(F)c(F)c2F)CCC1(CC)C(=O)NCc1ccc(C)cc1. The number of rotatable bonds is 10. The van der Waals surface area contributed by atoms with Crippen molar-refractivity contribution in [3.63, 3.8) is 0 Å². The molecule has 1 aliphatic carbocycles. The number of amides is 1. The molecule has 1 N–H and O–H groups in total. The van der Waals surface area contributed by atoms with Gasteiger partial charge in [-0.15, -0.1) is 0 Å². The molecule has 5 nitrogen and oxygen atoms in total. The van der Waals surface area contributed by atoms with E-state index in [4.69, 9.17) is 0 Å². The zero-order valence-corrected chi connectivity index (χ0v) is 24.5. The first kappa shape index (κ1) is 30.8. The lowest BCUT2D eigenvalue weighted by atomic mass is 9.62. The minimum Gasteiger partial charge on any atom is -0.352 e. The zero-order chi connectivity index (χ0) is 29.8. The maximum Gasteiger partial charge on any atom is 0.246 e. The van der Waals surface area contributed by atoms with Gasteiger partial charge < -0.3 is 5.32 Å². The second-order valence-electron chi connectivity index (χ2n) is 10.9. The van der Waals surface area contributed by atoms with Crippen molar-refractivity contribution in [1.82, 2.24) is 9.62 Å². The molecule has 4 rings (SSSR count). The maximum atomic E-state index is 14.8. The summed E-state index contributed by atoms with van der Waals surface area (Å²) in [5.74, 6) is -5.22. The van der Waals surface area contributed by atoms with Gasteiger partial charge in [0, 0.05) is 19.1 Å². The van der Waals surface area contributed by atoms with E-state index in [1.54, 1.807) is 30.3 Å². The van der Waals surface area contributed by atoms with Crippen molar-refractivity contribution in [3.05, 3.63) is 101 Å². The monoisotopic (exact) mass is 586 g/mol. The van der Waals surface area contributed by atoms with Crippen LogP contribution in [0.4, 0.5) is 13.2 Å². The van der Waals surface area contributed by atoms with E-state index < -0.39 is 43.8 Å². The lowest BCUT2D eigenvalue weighted by Gasteiger charge is -2.47. The summed E-state index contributed by atoms with van der Waals surface area (Å²) in [5, 5.41) is 3.11. The van der Waals surface area contributed by atoms with Crippen LogP contribution in [-0.4, -0.2) is 24.7 Å². The van der Waals surface area contributed by atoms with E-state index in [1.807, 2.05) is 45.0 Å². The van der Waals surface area contributed by atoms with Gasteiger partial charge in [0.2, 0.25) is 15.9 Å². The molecule has 1 fully saturated rings. The molecular weight excluding hydrogens is 549 g/mol. The van der Waals surface area contributed by atoms with E-state index in [0.29, 0.717) is 50.3 Å². The molecular formula is C32H37F3N2O3S. The van der Waals surface area contributed by atoms with Gasteiger partial charge >= 0.3 is 0 Å². The molecule has 0 heterocycles. The van der Waals surface area contributed by atoms with Crippen molar-refractivity contribution < 1.29 is 26.4 Å². The van der Waals surface area contributed by atoms with Gasteiger partial charge in [0.05, 0.1) is 5.41 Å². The van der Waals surface area contributed by atoms with Gasteiger partial charge in [-0.05, 0) is 61.8 Å². The van der Waals surface area contributed by atoms with Gasteiger partial charge in [0.1, 0.15) is 4.90 Å². The Morgan fingerprint density at radius 1 is 0.951 bits per heavy atom. The number of sulfonamides is 1. The summed E-state index contributed by atoms with van der Waals surface area (Å²) in [4.78, 5) is 12.8. The summed E-state index contributed by atoms with van der Waals surface area (Å²) in [6.07, 6.45) is 2.40. The Hall–Kier alpha value is -3.17. The van der Waals surface area contributed by atoms with E-state index in [9.17, 15) is 26.4 Å². The molecule has 3 unspecified atom stereocenters. The predicted molar refractivity (Wildman–Crippen MR) is 153 cm³/mol. The molecule has 220 valence electrons. The Morgan fingerprint density at radius 2 is 1.63 bits per heavy atom. The third-order valence-corrected chi connectivity index (χ3v) is 10.5. The fourth-order valence-corrected chi connectivity index (χ4v) is 7.83. The molecule has 3 atom stereocenters. The summed E-state index contributed by atoms with van der Waals surface area (Å²) < 4.78 is 71.6. The molecule has 3 aromatic rings. The Kier molecular flexibility index (Phi) is 9.59. The van der Waals surface area contributed by atoms with Crippen molar-refractivity contribution in [2.75, 3.05) is 0 Å². The summed E-state index contributed by atoms with van der Waals surface area (Å²) in [6.45, 7) is 6.28. The lowest BCUT2D eigenvalue weighted by molar-refractivity contribution is -0.138. The number of nitrogens with one attached hydrogen (secondary N) is 1. The predicted octanol–water partition coefficient (Wildman–Crippen LogP) is 6.89. The van der Waals surface area contributed by atoms with E-state index in [2.05, 4.69) is 5.32 Å². The van der Waals surface area contributed by atoms with Crippen LogP contribution in [0.25, 0.3) is 0 Å². The van der Waals surface area contributed by atoms with Crippen LogP contribution in [-0.2, 0) is 27.9 Å². The fourth-order valence-electron chi connectivity index (χ4n) is 6.12. The smallest absolute Gasteiger partial charge is 0.246 e. The average molecular weight is 587 g/mol. The van der Waals surface area contributed by atoms with Crippen LogP contribution in [0.2, 0.25) is 0 Å². The first-order chi connectivity index (χ1) is 19.5. The van der Waals surface area contributed by atoms with Gasteiger partial charge in [-0.1, -0.05) is 80.4 Å². The average Bonchev–Trinajstić information content (AvgIpc) is 2.98. The highest BCUT2D eigenvalue weighted by Gasteiger charge is 2.49. The lowest BCUT2D eigenvalue weighted by Crippen LogP contribution is -2.53. The first-order valence-electron chi connectivity index (χ1n) is 14.1. The molecule has 1 amide bonds. The molecule has 3 aromatic carbocycles. The van der Waals surface area contributed by atoms with Gasteiger partial charge in [-0.3, -0.25) is 4.79 Å². The topological polar surface area (TPSA) is 66.5 Å². The summed E-state index contributed by atoms with van der Waals surface area (Å²) in [6, 6.07) is 17.7. The third-order valence-electron chi connectivity index (χ3n) is 8.59. The number of halogens is 3. The van der Waals surface area contributed by atoms with Crippen LogP contribution in [0.1, 0.15) is 62.6 Å². The van der Waals surface area contributed by atoms with E-state index in [1.165, 1.54) is 4.31 Å². The Labute approximate surface area is 240 Å². The molecule has 0 aliphatic heterocycles. The molecule has 0 radical (unpaired) electrons. The quantitative estimate of drug-likeness (QED) is 0.263. The number of nitrogens with zero attached hydrogens (tertiary/aromatic N) is 1. The zero-order valence-electron chi connectivity index (χ0n) is 23.7. The summed E-state index contributed by atoms with van der Waals surface area (Å²) in [5.41, 5.74) is 2.11. The highest BCUT2D eigenvalue weighted by Crippen LogP contribution is 2.48. The number of carbonyl (C=O) groups excluding carboxylic acids is 1. The standard InChI is InChI=1S/C32H37F3N2O3S/c1-4-25-19-26(17-18-32(25,5-2)31(38)36-20-23-13-11-22(3)12-14-23)37(21-24-9-7-6-8-10-24)41(39,40)28-16-15-27(33)29(34)30(28)35/h6-16,25-26H,4-5,17-21H2,1-3H3,(H,36,38).